The van der Waals surface area contributed by atoms with Gasteiger partial charge in [0.05, 0.1) is 37.1 Å². The van der Waals surface area contributed by atoms with Crippen molar-refractivity contribution in [3.63, 3.8) is 0 Å². The fraction of sp³-hybridized carbons (Fsp3) is 0.509. The van der Waals surface area contributed by atoms with E-state index < -0.39 is 164 Å². The van der Waals surface area contributed by atoms with Gasteiger partial charge in [-0.3, -0.25) is 62.7 Å². The number of aromatic amines is 1. The van der Waals surface area contributed by atoms with Gasteiger partial charge in [-0.05, 0) is 62.8 Å². The molecule has 2 bridgehead atoms. The molecule has 0 radical (unpaired) electrons. The average molecular weight is 1260 g/mol. The highest BCUT2D eigenvalue weighted by molar-refractivity contribution is 7.98. The topological polar surface area (TPSA) is 530 Å². The number of carbonyl (C=O) groups excluding carboxylic acids is 10. The van der Waals surface area contributed by atoms with Gasteiger partial charge < -0.3 is 95.8 Å². The molecule has 10 atom stereocenters. The molecule has 1 fully saturated rings. The zero-order valence-electron chi connectivity index (χ0n) is 47.4. The average Bonchev–Trinajstić information content (AvgIpc) is 2.68. The number of aromatic nitrogens is 2. The molecule has 5 rings (SSSR count). The van der Waals surface area contributed by atoms with Crippen molar-refractivity contribution >= 4 is 111 Å². The van der Waals surface area contributed by atoms with Crippen LogP contribution < -0.4 is 65.5 Å². The van der Waals surface area contributed by atoms with Crippen LogP contribution in [0.5, 0.6) is 0 Å². The first kappa shape index (κ1) is 69.2. The lowest BCUT2D eigenvalue weighted by molar-refractivity contribution is -0.146. The van der Waals surface area contributed by atoms with E-state index >= 15 is 0 Å². The molecule has 0 saturated carbocycles. The van der Waals surface area contributed by atoms with Gasteiger partial charge in [-0.2, -0.15) is 23.5 Å². The van der Waals surface area contributed by atoms with Gasteiger partial charge >= 0.3 is 11.9 Å². The lowest BCUT2D eigenvalue weighted by atomic mass is 10.0. The molecule has 1 saturated heterocycles. The Morgan fingerprint density at radius 3 is 1.99 bits per heavy atom. The summed E-state index contributed by atoms with van der Waals surface area (Å²) in [5, 5.41) is 61.4. The maximum Gasteiger partial charge on any atom is 0.327 e. The molecule has 2 aliphatic rings. The molecule has 2 aromatic heterocycles. The summed E-state index contributed by atoms with van der Waals surface area (Å²) in [5.74, 6) is -13.7. The van der Waals surface area contributed by atoms with Crippen LogP contribution >= 0.6 is 23.5 Å². The Balaban J connectivity index is 1.56. The quantitative estimate of drug-likeness (QED) is 0.0361. The molecule has 2 aliphatic heterocycles. The molecule has 34 heteroatoms. The minimum absolute atomic E-state index is 0.00138. The summed E-state index contributed by atoms with van der Waals surface area (Å²) in [5.41, 5.74) is 24.1. The van der Waals surface area contributed by atoms with Crippen LogP contribution in [0.15, 0.2) is 53.7 Å². The summed E-state index contributed by atoms with van der Waals surface area (Å²) in [6, 6.07) is -3.06. The molecular weight excluding hydrogens is 1180 g/mol. The SMILES string of the molecule is C[C@@H](O)[C@@H]1NC(=O)[C@@H](NC(=O)CN)CSCc2cccc(n2)CSC[C@@H](C(=O)O)NC(=O)[C@H](CO)NC(=O)[C@@H]2CCCN2C(=O)[C@H](CC(=O)O)NC(=O)[C@H](Cc2c[nH]c3ccccc23)NC(=O)[C@H](CCC(N)=O)NC(=O)[C@H](CCCN=C(N)N)NC1=O. The lowest BCUT2D eigenvalue weighted by Crippen LogP contribution is -2.62. The van der Waals surface area contributed by atoms with Crippen LogP contribution in [0, 0.1) is 0 Å². The number of pyridine rings is 1. The van der Waals surface area contributed by atoms with Crippen LogP contribution in [-0.4, -0.2) is 210 Å². The Morgan fingerprint density at radius 2 is 1.36 bits per heavy atom. The van der Waals surface area contributed by atoms with Crippen molar-refractivity contribution in [2.75, 3.05) is 37.7 Å². The highest BCUT2D eigenvalue weighted by atomic mass is 32.2. The number of aliphatic hydroxyl groups is 2. The number of aliphatic carboxylic acids is 2. The largest absolute Gasteiger partial charge is 0.481 e. The van der Waals surface area contributed by atoms with Crippen LogP contribution in [0.1, 0.15) is 68.8 Å². The number of nitrogens with one attached hydrogen (secondary N) is 9. The van der Waals surface area contributed by atoms with E-state index in [4.69, 9.17) is 22.9 Å². The number of aliphatic hydroxyl groups excluding tert-OH is 2. The van der Waals surface area contributed by atoms with Gasteiger partial charge in [-0.25, -0.2) is 4.79 Å². The molecule has 0 spiro atoms. The molecule has 474 valence electrons. The van der Waals surface area contributed by atoms with Crippen molar-refractivity contribution in [1.29, 1.82) is 0 Å². The Morgan fingerprint density at radius 1 is 0.747 bits per heavy atom. The van der Waals surface area contributed by atoms with Gasteiger partial charge in [-0.1, -0.05) is 24.3 Å². The van der Waals surface area contributed by atoms with Gasteiger partial charge in [0.1, 0.15) is 54.4 Å². The van der Waals surface area contributed by atoms with Crippen LogP contribution in [0.2, 0.25) is 0 Å². The summed E-state index contributed by atoms with van der Waals surface area (Å²) in [6.45, 7) is -0.633. The van der Waals surface area contributed by atoms with E-state index in [-0.39, 0.29) is 74.2 Å². The Kier molecular flexibility index (Phi) is 27.0. The predicted octanol–water partition coefficient (Wildman–Crippen LogP) is -5.63. The fourth-order valence-corrected chi connectivity index (χ4v) is 11.2. The third-order valence-corrected chi connectivity index (χ3v) is 15.9. The minimum Gasteiger partial charge on any atom is -0.481 e. The first-order chi connectivity index (χ1) is 41.4. The zero-order valence-corrected chi connectivity index (χ0v) is 49.0. The maximum absolute atomic E-state index is 14.7. The predicted molar refractivity (Wildman–Crippen MR) is 315 cm³/mol. The first-order valence-corrected chi connectivity index (χ1v) is 29.8. The van der Waals surface area contributed by atoms with Gasteiger partial charge in [0.25, 0.3) is 0 Å². The molecule has 4 heterocycles. The first-order valence-electron chi connectivity index (χ1n) is 27.5. The van der Waals surface area contributed by atoms with E-state index in [1.54, 1.807) is 42.5 Å². The number of rotatable bonds is 16. The van der Waals surface area contributed by atoms with Crippen molar-refractivity contribution < 1.29 is 78.0 Å². The standard InChI is InChI=1S/C53H74N16O16S2/c1-26(71)43-50(82)63-32(11-5-15-58-53(56)57)44(76)62-33(13-14-40(55)72)45(77)64-34(17-27-20-59-31-10-3-2-9-30(27)31)46(78)65-35(18-42(74)75)51(83)69-16-6-12-39(69)49(81)66-36(21-70)47(79)67-38(52(84)85)25-87-23-29-8-4-7-28(60-29)22-86-24-37(48(80)68-43)61-41(73)19-54/h2-4,7-10,20,26,32-39,43,59,70-71H,5-6,11-19,21-25,54H2,1H3,(H2,55,72)(H,61,73)(H,62,76)(H,63,82)(H,64,77)(H,65,78)(H,66,81)(H,67,79)(H,68,80)(H,74,75)(H,84,85)(H4,56,57,58)/t26-,32+,33+,34+,35+,36+,37+,38+,39+,43+/m1/s1. The van der Waals surface area contributed by atoms with Gasteiger partial charge in [0.2, 0.25) is 59.1 Å². The number of benzene rings is 1. The molecule has 10 amide bonds. The second-order valence-corrected chi connectivity index (χ2v) is 22.5. The smallest absolute Gasteiger partial charge is 0.327 e. The number of primary amides is 1. The fourth-order valence-electron chi connectivity index (χ4n) is 9.27. The van der Waals surface area contributed by atoms with Gasteiger partial charge in [0.15, 0.2) is 5.96 Å². The van der Waals surface area contributed by atoms with Gasteiger partial charge in [-0.15, -0.1) is 0 Å². The van der Waals surface area contributed by atoms with Gasteiger partial charge in [0, 0.05) is 66.0 Å². The number of nitrogens with two attached hydrogens (primary N) is 4. The number of H-pyrrole nitrogens is 1. The summed E-state index contributed by atoms with van der Waals surface area (Å²) >= 11 is 2.19. The van der Waals surface area contributed by atoms with Crippen molar-refractivity contribution in [3.05, 3.63) is 65.6 Å². The molecule has 0 unspecified atom stereocenters. The molecule has 3 aromatic rings. The molecule has 21 N–H and O–H groups in total. The summed E-state index contributed by atoms with van der Waals surface area (Å²) in [7, 11) is 0. The number of thioether (sulfide) groups is 2. The van der Waals surface area contributed by atoms with Crippen LogP contribution in [0.25, 0.3) is 10.9 Å². The second-order valence-electron chi connectivity index (χ2n) is 20.4. The third kappa shape index (κ3) is 21.4. The number of guanidine groups is 1. The monoisotopic (exact) mass is 1250 g/mol. The number of carboxylic acid groups (broad SMARTS) is 2. The maximum atomic E-state index is 14.7. The molecule has 32 nitrogen and oxygen atoms in total. The van der Waals surface area contributed by atoms with Crippen LogP contribution in [-0.2, 0) is 75.5 Å². The molecule has 0 aliphatic carbocycles. The number of nitrogens with zero attached hydrogens (tertiary/aromatic N) is 3. The van der Waals surface area contributed by atoms with E-state index in [0.717, 1.165) is 35.3 Å². The number of hydrogen-bond donors (Lipinski definition) is 17. The van der Waals surface area contributed by atoms with E-state index in [1.807, 2.05) is 0 Å². The highest BCUT2D eigenvalue weighted by Crippen LogP contribution is 2.23. The third-order valence-electron chi connectivity index (χ3n) is 13.7. The van der Waals surface area contributed by atoms with Crippen molar-refractivity contribution in [3.8, 4) is 0 Å². The van der Waals surface area contributed by atoms with Crippen molar-refractivity contribution in [1.82, 2.24) is 57.4 Å². The summed E-state index contributed by atoms with van der Waals surface area (Å²) in [6.07, 6.45) is -2.71. The summed E-state index contributed by atoms with van der Waals surface area (Å²) < 4.78 is 0. The number of carbonyl (C=O) groups is 12. The van der Waals surface area contributed by atoms with E-state index in [1.165, 1.54) is 6.20 Å². The lowest BCUT2D eigenvalue weighted by Gasteiger charge is -2.30. The highest BCUT2D eigenvalue weighted by Gasteiger charge is 2.41. The second kappa shape index (κ2) is 33.9. The zero-order chi connectivity index (χ0) is 63.9. The Hall–Kier alpha value is -8.60. The van der Waals surface area contributed by atoms with Crippen LogP contribution in [0.3, 0.4) is 0 Å². The molecular formula is C53H74N16O16S2. The molecule has 1 aromatic carbocycles. The number of carboxylic acids is 2. The van der Waals surface area contributed by atoms with Crippen LogP contribution in [0.4, 0.5) is 0 Å². The molecule has 87 heavy (non-hydrogen) atoms. The number of fused-ring (bicyclic) bond motifs is 4. The minimum atomic E-state index is -1.92. The number of amides is 10. The van der Waals surface area contributed by atoms with E-state index in [0.29, 0.717) is 27.9 Å². The van der Waals surface area contributed by atoms with Crippen molar-refractivity contribution in [2.45, 2.75) is 130 Å². The normalized spacial score (nSPS) is 24.2. The van der Waals surface area contributed by atoms with Crippen molar-refractivity contribution in [2.24, 2.45) is 27.9 Å². The summed E-state index contributed by atoms with van der Waals surface area (Å²) in [4.78, 5) is 176. The Labute approximate surface area is 506 Å². The van der Waals surface area contributed by atoms with E-state index in [2.05, 4.69) is 57.5 Å². The van der Waals surface area contributed by atoms with E-state index in [9.17, 15) is 78.0 Å². The number of aliphatic imine (C=N–C) groups is 1. The number of hydrogen-bond acceptors (Lipinski definition) is 19. The number of para-hydroxylation sites is 1. The Bertz CT molecular complexity index is 3020.